The monoisotopic (exact) mass is 751 g/mol. The van der Waals surface area contributed by atoms with Gasteiger partial charge in [-0.15, -0.1) is 0 Å². The summed E-state index contributed by atoms with van der Waals surface area (Å²) in [7, 11) is 2.67. The standard InChI is InChI=1S/C43H53N5O7/c1-12-26-22(3)30-19-32-24(5)28(14-15-36(49)53-10)40(47-32)29(18-38(51)54-11)41-39(42(52)44-17-16-37(50)55-43(7,8)9)25(6)33(48-41)21-35-27(13-2)23(4)31(46-35)20-34(26)45-30/h12,19-21,24,28,45,48H,1,13-18H2,2-11H3,(H,44,52)/t24-,28-/m0/s1. The summed E-state index contributed by atoms with van der Waals surface area (Å²) in [4.78, 5) is 70.0. The zero-order chi connectivity index (χ0) is 40.4. The SMILES string of the molecule is C=Cc1c(C)c2cc3nc(c(CC(=O)OC)c4[nH]c(cc5nc(cc1[nH]2)C(C)=C5CC)c(C)c4C(=O)NCCC(=O)OC(C)(C)C)[C@@H](CCC(=O)OC)[C@@H]3C. The lowest BCUT2D eigenvalue weighted by Crippen LogP contribution is -2.30. The van der Waals surface area contributed by atoms with Gasteiger partial charge in [-0.2, -0.15) is 0 Å². The summed E-state index contributed by atoms with van der Waals surface area (Å²) in [6.45, 7) is 19.5. The van der Waals surface area contributed by atoms with Crippen LogP contribution in [0.2, 0.25) is 0 Å². The predicted octanol–water partition coefficient (Wildman–Crippen LogP) is 7.93. The van der Waals surface area contributed by atoms with Crippen LogP contribution in [-0.2, 0) is 35.0 Å². The Morgan fingerprint density at radius 3 is 2.20 bits per heavy atom. The number of aryl methyl sites for hydroxylation is 2. The van der Waals surface area contributed by atoms with Crippen molar-refractivity contribution in [3.8, 4) is 0 Å². The van der Waals surface area contributed by atoms with E-state index in [1.165, 1.54) is 14.2 Å². The van der Waals surface area contributed by atoms with Crippen molar-refractivity contribution in [3.63, 3.8) is 0 Å². The Balaban J connectivity index is 1.90. The van der Waals surface area contributed by atoms with E-state index in [2.05, 4.69) is 35.7 Å². The molecule has 0 aliphatic carbocycles. The molecule has 5 heterocycles. The summed E-state index contributed by atoms with van der Waals surface area (Å²) >= 11 is 0. The molecule has 2 aliphatic heterocycles. The number of aromatic amines is 2. The molecular weight excluding hydrogens is 699 g/mol. The maximum absolute atomic E-state index is 14.3. The van der Waals surface area contributed by atoms with E-state index in [4.69, 9.17) is 24.2 Å². The molecule has 3 aromatic heterocycles. The molecule has 1 amide bonds. The van der Waals surface area contributed by atoms with Crippen LogP contribution in [0.4, 0.5) is 0 Å². The van der Waals surface area contributed by atoms with Gasteiger partial charge in [0, 0.05) is 58.2 Å². The van der Waals surface area contributed by atoms with Crippen molar-refractivity contribution >= 4 is 63.1 Å². The van der Waals surface area contributed by atoms with Crippen LogP contribution in [0.3, 0.4) is 0 Å². The highest BCUT2D eigenvalue weighted by Crippen LogP contribution is 2.43. The van der Waals surface area contributed by atoms with Crippen LogP contribution >= 0.6 is 0 Å². The minimum absolute atomic E-state index is 0.0304. The molecule has 0 radical (unpaired) electrons. The number of aromatic nitrogens is 4. The minimum atomic E-state index is -0.664. The van der Waals surface area contributed by atoms with Crippen molar-refractivity contribution in [1.29, 1.82) is 0 Å². The number of nitrogens with zero attached hydrogens (tertiary/aromatic N) is 2. The molecule has 0 aromatic carbocycles. The highest BCUT2D eigenvalue weighted by Gasteiger charge is 2.34. The lowest BCUT2D eigenvalue weighted by Gasteiger charge is -2.19. The Morgan fingerprint density at radius 2 is 1.56 bits per heavy atom. The zero-order valence-corrected chi connectivity index (χ0v) is 33.7. The van der Waals surface area contributed by atoms with Gasteiger partial charge in [0.25, 0.3) is 5.91 Å². The number of rotatable bonds is 11. The van der Waals surface area contributed by atoms with Crippen LogP contribution in [0.25, 0.3) is 39.3 Å². The number of methoxy groups -OCH3 is 2. The fourth-order valence-electron chi connectivity index (χ4n) is 7.46. The van der Waals surface area contributed by atoms with Crippen molar-refractivity contribution in [2.45, 2.75) is 105 Å². The first-order valence-corrected chi connectivity index (χ1v) is 18.7. The van der Waals surface area contributed by atoms with Crippen LogP contribution < -0.4 is 5.32 Å². The third-order valence-corrected chi connectivity index (χ3v) is 10.4. The van der Waals surface area contributed by atoms with Gasteiger partial charge in [0.2, 0.25) is 0 Å². The number of esters is 3. The number of allylic oxidation sites excluding steroid dienone is 2. The summed E-state index contributed by atoms with van der Waals surface area (Å²) in [5.41, 5.74) is 10.3. The van der Waals surface area contributed by atoms with E-state index in [0.717, 1.165) is 56.8 Å². The van der Waals surface area contributed by atoms with Gasteiger partial charge < -0.3 is 29.5 Å². The number of nitrogens with one attached hydrogen (secondary N) is 3. The fourth-order valence-corrected chi connectivity index (χ4v) is 7.46. The van der Waals surface area contributed by atoms with Crippen molar-refractivity contribution in [1.82, 2.24) is 25.3 Å². The first kappa shape index (κ1) is 40.7. The number of hydrogen-bond acceptors (Lipinski definition) is 9. The van der Waals surface area contributed by atoms with Crippen LogP contribution in [0.1, 0.15) is 134 Å². The second kappa shape index (κ2) is 16.5. The van der Waals surface area contributed by atoms with Gasteiger partial charge in [-0.3, -0.25) is 24.2 Å². The molecule has 3 aromatic rings. The smallest absolute Gasteiger partial charge is 0.310 e. The highest BCUT2D eigenvalue weighted by atomic mass is 16.6. The molecule has 0 saturated heterocycles. The van der Waals surface area contributed by atoms with E-state index in [0.29, 0.717) is 39.8 Å². The summed E-state index contributed by atoms with van der Waals surface area (Å²) in [6.07, 6.45) is 2.81. The summed E-state index contributed by atoms with van der Waals surface area (Å²) < 4.78 is 15.7. The average molecular weight is 752 g/mol. The van der Waals surface area contributed by atoms with Crippen molar-refractivity contribution in [3.05, 3.63) is 75.4 Å². The van der Waals surface area contributed by atoms with Gasteiger partial charge in [-0.1, -0.05) is 26.5 Å². The Labute approximate surface area is 322 Å². The number of carbonyl (C=O) groups is 4. The molecule has 0 fully saturated rings. The number of carbonyl (C=O) groups excluding carboxylic acids is 4. The molecule has 5 rings (SSSR count). The number of amides is 1. The predicted molar refractivity (Wildman–Crippen MR) is 214 cm³/mol. The number of ether oxygens (including phenoxy) is 3. The third kappa shape index (κ3) is 8.58. The Morgan fingerprint density at radius 1 is 0.891 bits per heavy atom. The normalized spacial score (nSPS) is 15.5. The Bertz CT molecular complexity index is 2250. The van der Waals surface area contributed by atoms with Crippen LogP contribution in [0, 0.1) is 13.8 Å². The maximum Gasteiger partial charge on any atom is 0.310 e. The van der Waals surface area contributed by atoms with Gasteiger partial charge in [0.1, 0.15) is 5.60 Å². The molecule has 12 nitrogen and oxygen atoms in total. The summed E-state index contributed by atoms with van der Waals surface area (Å²) in [5, 5.41) is 2.91. The van der Waals surface area contributed by atoms with Crippen LogP contribution in [0.5, 0.6) is 0 Å². The molecule has 0 spiro atoms. The molecular formula is C43H53N5O7. The highest BCUT2D eigenvalue weighted by molar-refractivity contribution is 6.06. The molecule has 2 atom stereocenters. The number of H-pyrrole nitrogens is 2. The zero-order valence-electron chi connectivity index (χ0n) is 33.7. The maximum atomic E-state index is 14.3. The molecule has 3 N–H and O–H groups in total. The molecule has 8 bridgehead atoms. The minimum Gasteiger partial charge on any atom is -0.469 e. The van der Waals surface area contributed by atoms with Gasteiger partial charge >= 0.3 is 17.9 Å². The Hall–Kier alpha value is -5.52. The van der Waals surface area contributed by atoms with Gasteiger partial charge in [-0.05, 0) is 94.9 Å². The van der Waals surface area contributed by atoms with E-state index < -0.39 is 23.4 Å². The topological polar surface area (TPSA) is 165 Å². The van der Waals surface area contributed by atoms with Gasteiger partial charge in [-0.25, -0.2) is 4.98 Å². The average Bonchev–Trinajstić information content (AvgIpc) is 3.81. The quantitative estimate of drug-likeness (QED) is 0.130. The molecule has 292 valence electrons. The van der Waals surface area contributed by atoms with E-state index in [1.807, 2.05) is 45.0 Å². The van der Waals surface area contributed by atoms with E-state index in [1.54, 1.807) is 20.8 Å². The lowest BCUT2D eigenvalue weighted by atomic mass is 9.85. The van der Waals surface area contributed by atoms with Crippen molar-refractivity contribution < 1.29 is 33.4 Å². The van der Waals surface area contributed by atoms with E-state index >= 15 is 0 Å². The third-order valence-electron chi connectivity index (χ3n) is 10.4. The number of fused-ring (bicyclic) bond motifs is 8. The summed E-state index contributed by atoms with van der Waals surface area (Å²) in [5.74, 6) is -2.29. The largest absolute Gasteiger partial charge is 0.469 e. The molecule has 0 unspecified atom stereocenters. The fraction of sp³-hybridized carbons (Fsp3) is 0.442. The molecule has 0 saturated carbocycles. The van der Waals surface area contributed by atoms with E-state index in [-0.39, 0.29) is 43.6 Å². The molecule has 12 heteroatoms. The van der Waals surface area contributed by atoms with Gasteiger partial charge in [0.15, 0.2) is 0 Å². The second-order valence-electron chi connectivity index (χ2n) is 15.1. The summed E-state index contributed by atoms with van der Waals surface area (Å²) in [6, 6.07) is 5.97. The first-order valence-electron chi connectivity index (χ1n) is 18.7. The second-order valence-corrected chi connectivity index (χ2v) is 15.1. The number of hydrogen-bond donors (Lipinski definition) is 3. The van der Waals surface area contributed by atoms with Gasteiger partial charge in [0.05, 0.1) is 55.2 Å². The first-order chi connectivity index (χ1) is 26.0. The lowest BCUT2D eigenvalue weighted by molar-refractivity contribution is -0.154. The van der Waals surface area contributed by atoms with Crippen molar-refractivity contribution in [2.24, 2.45) is 0 Å². The van der Waals surface area contributed by atoms with Crippen molar-refractivity contribution in [2.75, 3.05) is 20.8 Å². The molecule has 55 heavy (non-hydrogen) atoms. The Kier molecular flexibility index (Phi) is 12.2. The van der Waals surface area contributed by atoms with E-state index in [9.17, 15) is 19.2 Å². The van der Waals surface area contributed by atoms with Crippen LogP contribution in [-0.4, -0.2) is 70.1 Å². The van der Waals surface area contributed by atoms with Crippen LogP contribution in [0.15, 0.2) is 24.8 Å². The molecule has 2 aliphatic rings.